The predicted octanol–water partition coefficient (Wildman–Crippen LogP) is 2.04. The van der Waals surface area contributed by atoms with Crippen molar-refractivity contribution in [3.8, 4) is 5.19 Å². The van der Waals surface area contributed by atoms with E-state index in [0.29, 0.717) is 6.10 Å². The van der Waals surface area contributed by atoms with Crippen LogP contribution in [-0.4, -0.2) is 24.2 Å². The highest BCUT2D eigenvalue weighted by atomic mass is 79.9. The molecule has 1 aliphatic rings. The summed E-state index contributed by atoms with van der Waals surface area (Å²) in [6.45, 7) is 2.05. The molecule has 1 atom stereocenters. The van der Waals surface area contributed by atoms with Gasteiger partial charge >= 0.3 is 0 Å². The topological polar surface area (TPSA) is 34.1 Å². The average molecular weight is 263 g/mol. The van der Waals surface area contributed by atoms with Crippen molar-refractivity contribution in [3.05, 3.63) is 9.98 Å². The molecule has 0 radical (unpaired) electrons. The lowest BCUT2D eigenvalue weighted by Gasteiger charge is -2.22. The van der Waals surface area contributed by atoms with E-state index < -0.39 is 0 Å². The maximum atomic E-state index is 5.69. The SMILES string of the molecule is Brc1csc(OC2CCCNC2)n1. The van der Waals surface area contributed by atoms with Crippen molar-refractivity contribution in [2.75, 3.05) is 13.1 Å². The van der Waals surface area contributed by atoms with Gasteiger partial charge in [-0.25, -0.2) is 0 Å². The predicted molar refractivity (Wildman–Crippen MR) is 56.3 cm³/mol. The van der Waals surface area contributed by atoms with E-state index in [1.807, 2.05) is 5.38 Å². The van der Waals surface area contributed by atoms with E-state index in [1.54, 1.807) is 0 Å². The molecule has 0 aromatic carbocycles. The highest BCUT2D eigenvalue weighted by Crippen LogP contribution is 2.23. The van der Waals surface area contributed by atoms with Crippen molar-refractivity contribution in [3.63, 3.8) is 0 Å². The second-order valence-electron chi connectivity index (χ2n) is 3.02. The first kappa shape index (κ1) is 9.43. The normalized spacial score (nSPS) is 23.0. The number of hydrogen-bond acceptors (Lipinski definition) is 4. The zero-order valence-electron chi connectivity index (χ0n) is 7.12. The van der Waals surface area contributed by atoms with Crippen LogP contribution in [0.15, 0.2) is 9.98 Å². The van der Waals surface area contributed by atoms with Crippen molar-refractivity contribution < 1.29 is 4.74 Å². The fraction of sp³-hybridized carbons (Fsp3) is 0.625. The molecule has 0 aliphatic carbocycles. The molecule has 1 fully saturated rings. The van der Waals surface area contributed by atoms with Crippen molar-refractivity contribution in [2.24, 2.45) is 0 Å². The van der Waals surface area contributed by atoms with E-state index in [2.05, 4.69) is 26.2 Å². The fourth-order valence-electron chi connectivity index (χ4n) is 1.36. The average Bonchev–Trinajstić information content (AvgIpc) is 2.53. The summed E-state index contributed by atoms with van der Waals surface area (Å²) in [5.74, 6) is 0. The maximum Gasteiger partial charge on any atom is 0.274 e. The van der Waals surface area contributed by atoms with Crippen LogP contribution in [0.5, 0.6) is 5.19 Å². The van der Waals surface area contributed by atoms with Gasteiger partial charge in [0.25, 0.3) is 5.19 Å². The molecule has 2 rings (SSSR count). The van der Waals surface area contributed by atoms with Crippen LogP contribution in [0.25, 0.3) is 0 Å². The summed E-state index contributed by atoms with van der Waals surface area (Å²) >= 11 is 4.84. The van der Waals surface area contributed by atoms with E-state index in [-0.39, 0.29) is 0 Å². The van der Waals surface area contributed by atoms with Crippen LogP contribution in [0.4, 0.5) is 0 Å². The molecule has 1 N–H and O–H groups in total. The Balaban J connectivity index is 1.89. The summed E-state index contributed by atoms with van der Waals surface area (Å²) in [4.78, 5) is 4.19. The number of rotatable bonds is 2. The number of aromatic nitrogens is 1. The Kier molecular flexibility index (Phi) is 3.18. The third-order valence-corrected chi connectivity index (χ3v) is 3.41. The van der Waals surface area contributed by atoms with Gasteiger partial charge in [0.2, 0.25) is 0 Å². The van der Waals surface area contributed by atoms with E-state index in [4.69, 9.17) is 4.74 Å². The zero-order valence-corrected chi connectivity index (χ0v) is 9.53. The standard InChI is InChI=1S/C8H11BrN2OS/c9-7-5-13-8(11-7)12-6-2-1-3-10-4-6/h5-6,10H,1-4H2. The maximum absolute atomic E-state index is 5.69. The Morgan fingerprint density at radius 2 is 2.62 bits per heavy atom. The molecule has 72 valence electrons. The Hall–Kier alpha value is -0.130. The van der Waals surface area contributed by atoms with Crippen molar-refractivity contribution in [1.82, 2.24) is 10.3 Å². The number of nitrogens with one attached hydrogen (secondary N) is 1. The summed E-state index contributed by atoms with van der Waals surface area (Å²) in [6.07, 6.45) is 2.62. The molecule has 0 spiro atoms. The lowest BCUT2D eigenvalue weighted by molar-refractivity contribution is 0.166. The van der Waals surface area contributed by atoms with Crippen molar-refractivity contribution in [1.29, 1.82) is 0 Å². The molecule has 13 heavy (non-hydrogen) atoms. The van der Waals surface area contributed by atoms with Crippen LogP contribution in [0, 0.1) is 0 Å². The molecule has 3 nitrogen and oxygen atoms in total. The minimum Gasteiger partial charge on any atom is -0.465 e. The van der Waals surface area contributed by atoms with Crippen LogP contribution in [0.2, 0.25) is 0 Å². The van der Waals surface area contributed by atoms with Crippen LogP contribution in [0.1, 0.15) is 12.8 Å². The van der Waals surface area contributed by atoms with Crippen molar-refractivity contribution >= 4 is 27.3 Å². The van der Waals surface area contributed by atoms with Gasteiger partial charge in [-0.05, 0) is 35.3 Å². The molecule has 1 unspecified atom stereocenters. The van der Waals surface area contributed by atoms with Crippen LogP contribution in [-0.2, 0) is 0 Å². The van der Waals surface area contributed by atoms with Crippen LogP contribution >= 0.6 is 27.3 Å². The molecule has 1 aliphatic heterocycles. The summed E-state index contributed by atoms with van der Waals surface area (Å²) in [6, 6.07) is 0. The summed E-state index contributed by atoms with van der Waals surface area (Å²) in [5, 5.41) is 6.00. The summed E-state index contributed by atoms with van der Waals surface area (Å²) < 4.78 is 6.55. The number of halogens is 1. The largest absolute Gasteiger partial charge is 0.465 e. The molecule has 5 heteroatoms. The Labute approximate surface area is 89.6 Å². The third kappa shape index (κ3) is 2.65. The minimum atomic E-state index is 0.298. The molecule has 1 aromatic rings. The first-order valence-corrected chi connectivity index (χ1v) is 6.00. The highest BCUT2D eigenvalue weighted by molar-refractivity contribution is 9.10. The molecule has 1 aromatic heterocycles. The van der Waals surface area contributed by atoms with Gasteiger partial charge in [0.15, 0.2) is 0 Å². The molecule has 0 bridgehead atoms. The number of nitrogens with zero attached hydrogens (tertiary/aromatic N) is 1. The second-order valence-corrected chi connectivity index (χ2v) is 4.66. The lowest BCUT2D eigenvalue weighted by atomic mass is 10.1. The second kappa shape index (κ2) is 4.39. The number of ether oxygens (including phenoxy) is 1. The Bertz CT molecular complexity index is 273. The van der Waals surface area contributed by atoms with Gasteiger partial charge < -0.3 is 10.1 Å². The first-order chi connectivity index (χ1) is 6.34. The smallest absolute Gasteiger partial charge is 0.274 e. The molecule has 0 saturated carbocycles. The number of hydrogen-bond donors (Lipinski definition) is 1. The molecule has 2 heterocycles. The van der Waals surface area contributed by atoms with E-state index in [1.165, 1.54) is 17.8 Å². The minimum absolute atomic E-state index is 0.298. The van der Waals surface area contributed by atoms with Crippen LogP contribution < -0.4 is 10.1 Å². The van der Waals surface area contributed by atoms with Gasteiger partial charge in [0.05, 0.1) is 0 Å². The third-order valence-electron chi connectivity index (χ3n) is 1.97. The van der Waals surface area contributed by atoms with E-state index >= 15 is 0 Å². The lowest BCUT2D eigenvalue weighted by Crippen LogP contribution is -2.37. The quantitative estimate of drug-likeness (QED) is 0.886. The Morgan fingerprint density at radius 3 is 3.23 bits per heavy atom. The number of piperidine rings is 1. The van der Waals surface area contributed by atoms with Gasteiger partial charge in [0, 0.05) is 11.9 Å². The zero-order chi connectivity index (χ0) is 9.10. The molecule has 1 saturated heterocycles. The van der Waals surface area contributed by atoms with Gasteiger partial charge in [-0.3, -0.25) is 0 Å². The molecule has 0 amide bonds. The van der Waals surface area contributed by atoms with Gasteiger partial charge in [-0.2, -0.15) is 4.98 Å². The van der Waals surface area contributed by atoms with Crippen molar-refractivity contribution in [2.45, 2.75) is 18.9 Å². The van der Waals surface area contributed by atoms with Gasteiger partial charge in [0.1, 0.15) is 10.7 Å². The van der Waals surface area contributed by atoms with Crippen LogP contribution in [0.3, 0.4) is 0 Å². The molecular formula is C8H11BrN2OS. The molecular weight excluding hydrogens is 252 g/mol. The fourth-order valence-corrected chi connectivity index (χ4v) is 2.51. The first-order valence-electron chi connectivity index (χ1n) is 4.33. The van der Waals surface area contributed by atoms with Gasteiger partial charge in [-0.1, -0.05) is 11.3 Å². The van der Waals surface area contributed by atoms with Gasteiger partial charge in [-0.15, -0.1) is 0 Å². The number of thiazole rings is 1. The summed E-state index contributed by atoms with van der Waals surface area (Å²) in [5.41, 5.74) is 0. The van der Waals surface area contributed by atoms with E-state index in [0.717, 1.165) is 29.3 Å². The highest BCUT2D eigenvalue weighted by Gasteiger charge is 2.15. The Morgan fingerprint density at radius 1 is 1.69 bits per heavy atom. The monoisotopic (exact) mass is 262 g/mol. The summed E-state index contributed by atoms with van der Waals surface area (Å²) in [7, 11) is 0. The van der Waals surface area contributed by atoms with E-state index in [9.17, 15) is 0 Å².